The second kappa shape index (κ2) is 7.85. The predicted octanol–water partition coefficient (Wildman–Crippen LogP) is 4.78. The summed E-state index contributed by atoms with van der Waals surface area (Å²) in [6.07, 6.45) is 5.99. The minimum atomic E-state index is -0.258. The van der Waals surface area contributed by atoms with Crippen LogP contribution >= 0.6 is 0 Å². The Morgan fingerprint density at radius 2 is 2.08 bits per heavy atom. The number of benzene rings is 1. The quantitative estimate of drug-likeness (QED) is 0.742. The maximum atomic E-state index is 13.8. The first-order chi connectivity index (χ1) is 12.2. The largest absolute Gasteiger partial charge is 0.348 e. The van der Waals surface area contributed by atoms with Gasteiger partial charge in [-0.15, -0.1) is 0 Å². The summed E-state index contributed by atoms with van der Waals surface area (Å²) in [6, 6.07) is 10.5. The Hall–Kier alpha value is -2.10. The smallest absolute Gasteiger partial charge is 0.226 e. The normalized spacial score (nSPS) is 18.0. The molecule has 1 aromatic heterocycles. The molecule has 0 spiro atoms. The van der Waals surface area contributed by atoms with E-state index in [0.29, 0.717) is 6.54 Å². The molecule has 2 aromatic rings. The number of hydrogen-bond acceptors (Lipinski definition) is 1. The van der Waals surface area contributed by atoms with Gasteiger partial charge >= 0.3 is 0 Å². The van der Waals surface area contributed by atoms with Gasteiger partial charge in [0.05, 0.1) is 6.04 Å². The molecule has 1 aliphatic heterocycles. The molecule has 2 atom stereocenters. The minimum Gasteiger partial charge on any atom is -0.348 e. The Balaban J connectivity index is 1.95. The van der Waals surface area contributed by atoms with Gasteiger partial charge < -0.3 is 9.47 Å². The lowest BCUT2D eigenvalue weighted by atomic mass is 9.93. The van der Waals surface area contributed by atoms with E-state index < -0.39 is 0 Å². The van der Waals surface area contributed by atoms with Gasteiger partial charge in [-0.25, -0.2) is 4.39 Å². The molecule has 4 heteroatoms. The van der Waals surface area contributed by atoms with Crippen LogP contribution in [0.3, 0.4) is 0 Å². The fourth-order valence-electron chi connectivity index (χ4n) is 3.84. The molecule has 0 aliphatic carbocycles. The molecule has 3 nitrogen and oxygen atoms in total. The number of carbonyl (C=O) groups is 1. The van der Waals surface area contributed by atoms with Crippen LogP contribution in [-0.2, 0) is 11.3 Å². The summed E-state index contributed by atoms with van der Waals surface area (Å²) in [5.74, 6) is 0.00165. The van der Waals surface area contributed by atoms with Crippen molar-refractivity contribution in [3.05, 3.63) is 59.7 Å². The number of unbranched alkanes of at least 4 members (excludes halogenated alkanes) is 1. The molecule has 0 saturated carbocycles. The third-order valence-corrected chi connectivity index (χ3v) is 5.23. The first-order valence-electron chi connectivity index (χ1n) is 9.36. The van der Waals surface area contributed by atoms with Gasteiger partial charge in [-0.1, -0.05) is 38.8 Å². The molecule has 0 unspecified atom stereocenters. The van der Waals surface area contributed by atoms with Crippen molar-refractivity contribution < 1.29 is 9.18 Å². The van der Waals surface area contributed by atoms with Crippen LogP contribution in [0.1, 0.15) is 56.8 Å². The lowest BCUT2D eigenvalue weighted by Gasteiger charge is -2.39. The Labute approximate surface area is 149 Å². The fourth-order valence-corrected chi connectivity index (χ4v) is 3.84. The lowest BCUT2D eigenvalue weighted by molar-refractivity contribution is -0.138. The van der Waals surface area contributed by atoms with Crippen LogP contribution in [0, 0.1) is 11.7 Å². The number of carbonyl (C=O) groups excluding carboxylic acids is 1. The number of rotatable bonds is 6. The van der Waals surface area contributed by atoms with Crippen molar-refractivity contribution in [2.45, 2.75) is 52.1 Å². The minimum absolute atomic E-state index is 0.0533. The van der Waals surface area contributed by atoms with Gasteiger partial charge in [0.15, 0.2) is 0 Å². The lowest BCUT2D eigenvalue weighted by Crippen LogP contribution is -2.45. The SMILES string of the molecule is CCCC[C@@H](CC)C(=O)N1CCn2cccc2[C@H]1c1cccc(F)c1. The molecule has 0 N–H and O–H groups in total. The van der Waals surface area contributed by atoms with Gasteiger partial charge in [0.2, 0.25) is 5.91 Å². The van der Waals surface area contributed by atoms with E-state index in [1.807, 2.05) is 29.3 Å². The third-order valence-electron chi connectivity index (χ3n) is 5.23. The second-order valence-corrected chi connectivity index (χ2v) is 6.86. The maximum Gasteiger partial charge on any atom is 0.226 e. The van der Waals surface area contributed by atoms with E-state index in [1.54, 1.807) is 12.1 Å². The van der Waals surface area contributed by atoms with Crippen LogP contribution in [0.2, 0.25) is 0 Å². The van der Waals surface area contributed by atoms with E-state index in [4.69, 9.17) is 0 Å². The molecule has 0 bridgehead atoms. The highest BCUT2D eigenvalue weighted by atomic mass is 19.1. The van der Waals surface area contributed by atoms with Crippen LogP contribution in [0.15, 0.2) is 42.6 Å². The molecule has 0 radical (unpaired) electrons. The van der Waals surface area contributed by atoms with E-state index in [9.17, 15) is 9.18 Å². The third kappa shape index (κ3) is 3.63. The van der Waals surface area contributed by atoms with Crippen LogP contribution < -0.4 is 0 Å². The first kappa shape index (κ1) is 17.7. The van der Waals surface area contributed by atoms with E-state index >= 15 is 0 Å². The zero-order valence-corrected chi connectivity index (χ0v) is 15.1. The molecule has 1 aromatic carbocycles. The Bertz CT molecular complexity index is 724. The number of aromatic nitrogens is 1. The van der Waals surface area contributed by atoms with Crippen molar-refractivity contribution >= 4 is 5.91 Å². The van der Waals surface area contributed by atoms with E-state index in [2.05, 4.69) is 18.4 Å². The van der Waals surface area contributed by atoms with Crippen molar-refractivity contribution in [1.82, 2.24) is 9.47 Å². The monoisotopic (exact) mass is 342 g/mol. The van der Waals surface area contributed by atoms with Crippen LogP contribution in [0.5, 0.6) is 0 Å². The number of nitrogens with zero attached hydrogens (tertiary/aromatic N) is 2. The molecular formula is C21H27FN2O. The van der Waals surface area contributed by atoms with Crippen LogP contribution in [0.25, 0.3) is 0 Å². The summed E-state index contributed by atoms with van der Waals surface area (Å²) in [5, 5.41) is 0. The Morgan fingerprint density at radius 1 is 1.24 bits per heavy atom. The van der Waals surface area contributed by atoms with Gasteiger partial charge in [-0.3, -0.25) is 4.79 Å². The zero-order valence-electron chi connectivity index (χ0n) is 15.1. The van der Waals surface area contributed by atoms with Crippen molar-refractivity contribution in [2.75, 3.05) is 6.54 Å². The number of hydrogen-bond donors (Lipinski definition) is 0. The topological polar surface area (TPSA) is 25.2 Å². The van der Waals surface area contributed by atoms with Crippen molar-refractivity contribution in [3.8, 4) is 0 Å². The van der Waals surface area contributed by atoms with Crippen molar-refractivity contribution in [1.29, 1.82) is 0 Å². The first-order valence-corrected chi connectivity index (χ1v) is 9.36. The standard InChI is InChI=1S/C21H27FN2O/c1-3-5-8-16(4-2)21(25)24-14-13-23-12-7-11-19(23)20(24)17-9-6-10-18(22)15-17/h6-7,9-12,15-16,20H,3-5,8,13-14H2,1-2H3/t16-,20-/m1/s1. The predicted molar refractivity (Wildman–Crippen MR) is 97.7 cm³/mol. The van der Waals surface area contributed by atoms with Gasteiger partial charge in [-0.05, 0) is 42.7 Å². The number of amides is 1. The molecule has 1 aliphatic rings. The summed E-state index contributed by atoms with van der Waals surface area (Å²) in [4.78, 5) is 15.2. The van der Waals surface area contributed by atoms with E-state index in [0.717, 1.165) is 43.5 Å². The van der Waals surface area contributed by atoms with Gasteiger partial charge in [-0.2, -0.15) is 0 Å². The molecule has 2 heterocycles. The average molecular weight is 342 g/mol. The summed E-state index contributed by atoms with van der Waals surface area (Å²) >= 11 is 0. The molecule has 25 heavy (non-hydrogen) atoms. The van der Waals surface area contributed by atoms with Crippen LogP contribution in [-0.4, -0.2) is 21.9 Å². The highest BCUT2D eigenvalue weighted by Gasteiger charge is 2.34. The molecular weight excluding hydrogens is 315 g/mol. The van der Waals surface area contributed by atoms with E-state index in [-0.39, 0.29) is 23.7 Å². The maximum absolute atomic E-state index is 13.8. The summed E-state index contributed by atoms with van der Waals surface area (Å²) < 4.78 is 16.0. The molecule has 0 saturated heterocycles. The van der Waals surface area contributed by atoms with Gasteiger partial charge in [0.1, 0.15) is 5.82 Å². The summed E-state index contributed by atoms with van der Waals surface area (Å²) in [6.45, 7) is 5.71. The zero-order chi connectivity index (χ0) is 17.8. The Morgan fingerprint density at radius 3 is 2.80 bits per heavy atom. The number of halogens is 1. The summed E-state index contributed by atoms with van der Waals surface area (Å²) in [7, 11) is 0. The highest BCUT2D eigenvalue weighted by molar-refractivity contribution is 5.80. The van der Waals surface area contributed by atoms with Gasteiger partial charge in [0, 0.05) is 30.9 Å². The van der Waals surface area contributed by atoms with E-state index in [1.165, 1.54) is 6.07 Å². The Kier molecular flexibility index (Phi) is 5.57. The molecule has 3 rings (SSSR count). The number of fused-ring (bicyclic) bond motifs is 1. The average Bonchev–Trinajstić information content (AvgIpc) is 3.10. The molecule has 1 amide bonds. The summed E-state index contributed by atoms with van der Waals surface area (Å²) in [5.41, 5.74) is 1.91. The van der Waals surface area contributed by atoms with Crippen LogP contribution in [0.4, 0.5) is 4.39 Å². The second-order valence-electron chi connectivity index (χ2n) is 6.86. The van der Waals surface area contributed by atoms with Gasteiger partial charge in [0.25, 0.3) is 0 Å². The fraction of sp³-hybridized carbons (Fsp3) is 0.476. The molecule has 0 fully saturated rings. The highest BCUT2D eigenvalue weighted by Crippen LogP contribution is 2.34. The molecule has 134 valence electrons. The van der Waals surface area contributed by atoms with Crippen molar-refractivity contribution in [3.63, 3.8) is 0 Å². The van der Waals surface area contributed by atoms with Crippen molar-refractivity contribution in [2.24, 2.45) is 5.92 Å².